The average molecular weight is 329 g/mol. The largest absolute Gasteiger partial charge is 0.488 e. The molecule has 0 aliphatic heterocycles. The quantitative estimate of drug-likeness (QED) is 0.331. The molecule has 0 radical (unpaired) electrons. The van der Waals surface area contributed by atoms with Crippen molar-refractivity contribution in [2.45, 2.75) is 39.7 Å². The van der Waals surface area contributed by atoms with E-state index in [1.807, 2.05) is 18.9 Å². The summed E-state index contributed by atoms with van der Waals surface area (Å²) in [4.78, 5) is 11.9. The molecular weight excluding hydrogens is 306 g/mol. The van der Waals surface area contributed by atoms with Crippen molar-refractivity contribution < 1.29 is 14.3 Å². The summed E-state index contributed by atoms with van der Waals surface area (Å²) in [5.41, 5.74) is 1.55. The summed E-state index contributed by atoms with van der Waals surface area (Å²) < 4.78 is 10.7. The van der Waals surface area contributed by atoms with Gasteiger partial charge in [0.1, 0.15) is 11.4 Å². The van der Waals surface area contributed by atoms with Crippen molar-refractivity contribution in [3.8, 4) is 17.6 Å². The third-order valence-electron chi connectivity index (χ3n) is 3.57. The fraction of sp³-hybridized carbons (Fsp3) is 0.500. The molecule has 24 heavy (non-hydrogen) atoms. The normalized spacial score (nSPS) is 13.3. The lowest BCUT2D eigenvalue weighted by atomic mass is 10.1. The number of carbonyl (C=O) groups is 1. The minimum Gasteiger partial charge on any atom is -0.488 e. The highest BCUT2D eigenvalue weighted by Crippen LogP contribution is 2.37. The second-order valence-corrected chi connectivity index (χ2v) is 5.38. The van der Waals surface area contributed by atoms with Crippen molar-refractivity contribution in [1.29, 1.82) is 0 Å². The van der Waals surface area contributed by atoms with Crippen LogP contribution in [0.25, 0.3) is 0 Å². The summed E-state index contributed by atoms with van der Waals surface area (Å²) in [5, 5.41) is 10.4. The van der Waals surface area contributed by atoms with Gasteiger partial charge in [-0.2, -0.15) is 0 Å². The molecule has 1 aromatic rings. The van der Waals surface area contributed by atoms with Crippen LogP contribution in [0, 0.1) is 11.8 Å². The van der Waals surface area contributed by atoms with Crippen LogP contribution in [-0.2, 0) is 4.74 Å². The molecule has 1 aliphatic rings. The van der Waals surface area contributed by atoms with E-state index in [2.05, 4.69) is 22.2 Å². The van der Waals surface area contributed by atoms with Gasteiger partial charge in [0.25, 0.3) is 0 Å². The van der Waals surface area contributed by atoms with Crippen molar-refractivity contribution >= 4 is 11.7 Å². The van der Waals surface area contributed by atoms with E-state index in [9.17, 15) is 4.79 Å². The van der Waals surface area contributed by atoms with Crippen LogP contribution < -0.4 is 4.74 Å². The number of benzene rings is 1. The second-order valence-electron chi connectivity index (χ2n) is 5.38. The van der Waals surface area contributed by atoms with Gasteiger partial charge in [0.15, 0.2) is 0 Å². The first kappa shape index (κ1) is 17.8. The van der Waals surface area contributed by atoms with Gasteiger partial charge < -0.3 is 9.47 Å². The first-order valence-corrected chi connectivity index (χ1v) is 8.15. The molecule has 0 N–H and O–H groups in total. The summed E-state index contributed by atoms with van der Waals surface area (Å²) in [6.07, 6.45) is 2.18. The van der Waals surface area contributed by atoms with Crippen LogP contribution in [0.3, 0.4) is 0 Å². The number of methoxy groups -OCH3 is 1. The van der Waals surface area contributed by atoms with Crippen LogP contribution in [0.15, 0.2) is 22.5 Å². The smallest absolute Gasteiger partial charge is 0.338 e. The minimum atomic E-state index is -0.429. The van der Waals surface area contributed by atoms with E-state index in [4.69, 9.17) is 9.47 Å². The van der Waals surface area contributed by atoms with Crippen molar-refractivity contribution in [2.24, 2.45) is 10.3 Å². The maximum atomic E-state index is 11.9. The van der Waals surface area contributed by atoms with E-state index in [-0.39, 0.29) is 6.10 Å². The molecular formula is C18H23N3O3. The molecule has 0 atom stereocenters. The maximum absolute atomic E-state index is 11.9. The predicted octanol–water partition coefficient (Wildman–Crippen LogP) is 3.73. The van der Waals surface area contributed by atoms with Gasteiger partial charge in [0.2, 0.25) is 0 Å². The van der Waals surface area contributed by atoms with Gasteiger partial charge in [-0.25, -0.2) is 4.79 Å². The lowest BCUT2D eigenvalue weighted by Crippen LogP contribution is -2.14. The number of hydrogen-bond acceptors (Lipinski definition) is 5. The Morgan fingerprint density at radius 1 is 1.33 bits per heavy atom. The molecule has 6 nitrogen and oxygen atoms in total. The van der Waals surface area contributed by atoms with Gasteiger partial charge in [0, 0.05) is 13.1 Å². The Labute approximate surface area is 142 Å². The lowest BCUT2D eigenvalue weighted by molar-refractivity contribution is 0.0600. The van der Waals surface area contributed by atoms with E-state index >= 15 is 0 Å². The van der Waals surface area contributed by atoms with Crippen molar-refractivity contribution in [1.82, 2.24) is 5.01 Å². The molecule has 2 rings (SSSR count). The summed E-state index contributed by atoms with van der Waals surface area (Å²) >= 11 is 0. The highest BCUT2D eigenvalue weighted by Gasteiger charge is 2.26. The molecule has 0 heterocycles. The lowest BCUT2D eigenvalue weighted by Gasteiger charge is -2.14. The molecule has 0 unspecified atom stereocenters. The zero-order chi connectivity index (χ0) is 17.5. The first-order valence-electron chi connectivity index (χ1n) is 8.15. The molecule has 1 aromatic carbocycles. The Hall–Kier alpha value is -2.55. The van der Waals surface area contributed by atoms with Crippen molar-refractivity contribution in [3.63, 3.8) is 0 Å². The van der Waals surface area contributed by atoms with E-state index < -0.39 is 5.97 Å². The fourth-order valence-electron chi connectivity index (χ4n) is 2.09. The predicted molar refractivity (Wildman–Crippen MR) is 91.4 cm³/mol. The Morgan fingerprint density at radius 2 is 2.04 bits per heavy atom. The summed E-state index contributed by atoms with van der Waals surface area (Å²) in [6, 6.07) is 3.32. The Bertz CT molecular complexity index is 681. The summed E-state index contributed by atoms with van der Waals surface area (Å²) in [7, 11) is 1.35. The van der Waals surface area contributed by atoms with E-state index in [0.29, 0.717) is 22.6 Å². The van der Waals surface area contributed by atoms with Crippen LogP contribution in [-0.4, -0.2) is 37.3 Å². The number of esters is 1. The Balaban J connectivity index is 2.50. The minimum absolute atomic E-state index is 0.169. The number of ether oxygens (including phenoxy) is 2. The van der Waals surface area contributed by atoms with Crippen molar-refractivity contribution in [3.05, 3.63) is 23.3 Å². The Kier molecular flexibility index (Phi) is 6.19. The van der Waals surface area contributed by atoms with E-state index in [1.54, 1.807) is 19.1 Å². The van der Waals surface area contributed by atoms with Crippen LogP contribution in [0.5, 0.6) is 5.75 Å². The van der Waals surface area contributed by atoms with E-state index in [1.165, 1.54) is 7.11 Å². The van der Waals surface area contributed by atoms with Crippen molar-refractivity contribution in [2.75, 3.05) is 20.2 Å². The molecule has 0 bridgehead atoms. The zero-order valence-electron chi connectivity index (χ0n) is 14.6. The third-order valence-corrected chi connectivity index (χ3v) is 3.57. The summed E-state index contributed by atoms with van der Waals surface area (Å²) in [6.45, 7) is 7.27. The first-order chi connectivity index (χ1) is 11.6. The molecule has 0 spiro atoms. The SMILES string of the molecule is CC#Cc1cc(C(=O)OC)cc(OC2CC2)c1/N=N/N(CC)CC. The molecule has 0 saturated heterocycles. The van der Waals surface area contributed by atoms with Gasteiger partial charge in [-0.3, -0.25) is 5.01 Å². The standard InChI is InChI=1S/C18H23N3O3/c1-5-8-13-11-14(18(22)23-4)12-16(24-15-9-10-15)17(13)19-20-21(6-2)7-3/h11-12,15H,6-7,9-10H2,1-4H3/b20-19+. The molecule has 6 heteroatoms. The molecule has 1 saturated carbocycles. The zero-order valence-corrected chi connectivity index (χ0v) is 14.6. The summed E-state index contributed by atoms with van der Waals surface area (Å²) in [5.74, 6) is 5.92. The van der Waals surface area contributed by atoms with Crippen LogP contribution in [0.2, 0.25) is 0 Å². The van der Waals surface area contributed by atoms with Crippen LogP contribution >= 0.6 is 0 Å². The van der Waals surface area contributed by atoms with Crippen LogP contribution in [0.4, 0.5) is 5.69 Å². The molecule has 1 aliphatic carbocycles. The molecule has 128 valence electrons. The number of rotatable bonds is 7. The van der Waals surface area contributed by atoms with E-state index in [0.717, 1.165) is 25.9 Å². The Morgan fingerprint density at radius 3 is 2.58 bits per heavy atom. The molecule has 0 amide bonds. The van der Waals surface area contributed by atoms with Gasteiger partial charge >= 0.3 is 5.97 Å². The number of carbonyl (C=O) groups excluding carboxylic acids is 1. The molecule has 1 fully saturated rings. The topological polar surface area (TPSA) is 63.5 Å². The van der Waals surface area contributed by atoms with Gasteiger partial charge in [-0.1, -0.05) is 11.1 Å². The average Bonchev–Trinajstić information content (AvgIpc) is 3.40. The highest BCUT2D eigenvalue weighted by atomic mass is 16.5. The monoisotopic (exact) mass is 329 g/mol. The third kappa shape index (κ3) is 4.48. The maximum Gasteiger partial charge on any atom is 0.338 e. The van der Waals surface area contributed by atoms with Crippen LogP contribution in [0.1, 0.15) is 49.5 Å². The number of nitrogens with zero attached hydrogens (tertiary/aromatic N) is 3. The second kappa shape index (κ2) is 8.34. The fourth-order valence-corrected chi connectivity index (χ4v) is 2.09. The molecule has 0 aromatic heterocycles. The number of hydrogen-bond donors (Lipinski definition) is 0. The van der Waals surface area contributed by atoms with Gasteiger partial charge in [0.05, 0.1) is 24.3 Å². The highest BCUT2D eigenvalue weighted by molar-refractivity contribution is 5.91. The van der Waals surface area contributed by atoms with Gasteiger partial charge in [-0.15, -0.1) is 11.0 Å². The van der Waals surface area contributed by atoms with Gasteiger partial charge in [-0.05, 0) is 45.7 Å².